The first-order chi connectivity index (χ1) is 18.4. The van der Waals surface area contributed by atoms with E-state index in [9.17, 15) is 13.6 Å². The fraction of sp³-hybridized carbons (Fsp3) is 0.393. The first kappa shape index (κ1) is 25.8. The Morgan fingerprint density at radius 3 is 2.71 bits per heavy atom. The van der Waals surface area contributed by atoms with Crippen molar-refractivity contribution in [2.75, 3.05) is 6.61 Å². The Bertz CT molecular complexity index is 1450. The maximum absolute atomic E-state index is 14.1. The number of carbonyl (C=O) groups is 1. The van der Waals surface area contributed by atoms with Crippen molar-refractivity contribution < 1.29 is 23.0 Å². The van der Waals surface area contributed by atoms with Gasteiger partial charge < -0.3 is 9.47 Å². The first-order valence-electron chi connectivity index (χ1n) is 12.8. The van der Waals surface area contributed by atoms with Crippen molar-refractivity contribution in [1.82, 2.24) is 24.7 Å². The van der Waals surface area contributed by atoms with Crippen LogP contribution in [0.2, 0.25) is 0 Å². The highest BCUT2D eigenvalue weighted by atomic mass is 19.1. The van der Waals surface area contributed by atoms with Crippen LogP contribution in [0, 0.1) is 18.6 Å². The molecule has 38 heavy (non-hydrogen) atoms. The van der Waals surface area contributed by atoms with Gasteiger partial charge in [0.1, 0.15) is 29.5 Å². The summed E-state index contributed by atoms with van der Waals surface area (Å²) in [6, 6.07) is 5.58. The second-order valence-corrected chi connectivity index (χ2v) is 9.53. The molecule has 198 valence electrons. The topological polar surface area (TPSA) is 92.0 Å². The molecular weight excluding hydrogens is 492 g/mol. The van der Waals surface area contributed by atoms with Crippen LogP contribution >= 0.6 is 0 Å². The third kappa shape index (κ3) is 6.02. The van der Waals surface area contributed by atoms with Crippen LogP contribution in [0.3, 0.4) is 0 Å². The minimum absolute atomic E-state index is 0.0374. The van der Waals surface area contributed by atoms with Gasteiger partial charge in [0.25, 0.3) is 0 Å². The number of carbonyl (C=O) groups excluding carboxylic acids is 1. The molecule has 4 heterocycles. The summed E-state index contributed by atoms with van der Waals surface area (Å²) in [5.41, 5.74) is 3.58. The molecule has 0 bridgehead atoms. The molecule has 1 aliphatic heterocycles. The maximum atomic E-state index is 14.1. The molecule has 1 unspecified atom stereocenters. The zero-order valence-electron chi connectivity index (χ0n) is 21.4. The fourth-order valence-corrected chi connectivity index (χ4v) is 4.35. The number of pyridine rings is 1. The Hall–Kier alpha value is -3.79. The molecule has 1 atom stereocenters. The van der Waals surface area contributed by atoms with Crippen LogP contribution in [0.5, 0.6) is 0 Å². The lowest BCUT2D eigenvalue weighted by Gasteiger charge is -2.21. The first-order valence-corrected chi connectivity index (χ1v) is 12.8. The Morgan fingerprint density at radius 2 is 2.00 bits per heavy atom. The van der Waals surface area contributed by atoms with Crippen molar-refractivity contribution in [3.05, 3.63) is 71.4 Å². The highest BCUT2D eigenvalue weighted by Gasteiger charge is 2.26. The number of hydrogen-bond donors (Lipinski definition) is 0. The van der Waals surface area contributed by atoms with Crippen LogP contribution in [-0.4, -0.2) is 37.3 Å². The van der Waals surface area contributed by atoms with E-state index < -0.39 is 17.6 Å². The number of ether oxygens (including phenoxy) is 2. The molecule has 0 radical (unpaired) electrons. The monoisotopic (exact) mass is 521 g/mol. The Labute approximate surface area is 219 Å². The predicted octanol–water partition coefficient (Wildman–Crippen LogP) is 5.80. The number of benzene rings is 1. The number of hydrogen-bond acceptors (Lipinski definition) is 7. The van der Waals surface area contributed by atoms with E-state index >= 15 is 0 Å². The summed E-state index contributed by atoms with van der Waals surface area (Å²) in [6.45, 7) is 3.91. The van der Waals surface area contributed by atoms with Gasteiger partial charge in [-0.15, -0.1) is 0 Å². The van der Waals surface area contributed by atoms with E-state index in [0.717, 1.165) is 25.2 Å². The Balaban J connectivity index is 0.000000177. The lowest BCUT2D eigenvalue weighted by atomic mass is 10.0. The lowest BCUT2D eigenvalue weighted by molar-refractivity contribution is -0.142. The van der Waals surface area contributed by atoms with E-state index in [4.69, 9.17) is 9.47 Å². The minimum Gasteiger partial charge on any atom is -0.459 e. The molecule has 2 aliphatic rings. The number of esters is 1. The van der Waals surface area contributed by atoms with Gasteiger partial charge in [0.15, 0.2) is 0 Å². The number of rotatable bonds is 5. The van der Waals surface area contributed by atoms with Gasteiger partial charge in [-0.2, -0.15) is 5.10 Å². The minimum atomic E-state index is -0.737. The van der Waals surface area contributed by atoms with Crippen LogP contribution in [0.25, 0.3) is 22.3 Å². The average Bonchev–Trinajstić information content (AvgIpc) is 3.64. The SMILES string of the molecule is CC(=O)OCc1nc2c(-c3ccc(F)cc3F)nccc2nc1C.c1nn(C2CC2)cc1C1CCCCO1. The summed E-state index contributed by atoms with van der Waals surface area (Å²) >= 11 is 0. The molecule has 6 rings (SSSR count). The summed E-state index contributed by atoms with van der Waals surface area (Å²) in [5, 5.41) is 4.39. The summed E-state index contributed by atoms with van der Waals surface area (Å²) in [5.74, 6) is -1.85. The van der Waals surface area contributed by atoms with Crippen LogP contribution < -0.4 is 0 Å². The van der Waals surface area contributed by atoms with E-state index in [0.29, 0.717) is 34.6 Å². The Kier molecular flexibility index (Phi) is 7.69. The van der Waals surface area contributed by atoms with Crippen molar-refractivity contribution in [3.63, 3.8) is 0 Å². The number of aromatic nitrogens is 5. The molecule has 1 aromatic carbocycles. The average molecular weight is 522 g/mol. The van der Waals surface area contributed by atoms with Gasteiger partial charge in [0.05, 0.1) is 35.2 Å². The number of nitrogens with zero attached hydrogens (tertiary/aromatic N) is 5. The summed E-state index contributed by atoms with van der Waals surface area (Å²) < 4.78 is 40.0. The molecule has 1 saturated heterocycles. The zero-order chi connectivity index (χ0) is 26.6. The third-order valence-electron chi connectivity index (χ3n) is 6.55. The van der Waals surface area contributed by atoms with E-state index in [1.165, 1.54) is 50.4 Å². The lowest BCUT2D eigenvalue weighted by Crippen LogP contribution is -2.10. The molecule has 1 aliphatic carbocycles. The molecular formula is C28H29F2N5O3. The molecule has 4 aromatic rings. The van der Waals surface area contributed by atoms with Crippen LogP contribution in [0.1, 0.15) is 68.1 Å². The predicted molar refractivity (Wildman–Crippen MR) is 136 cm³/mol. The molecule has 0 N–H and O–H groups in total. The quantitative estimate of drug-likeness (QED) is 0.307. The molecule has 1 saturated carbocycles. The van der Waals surface area contributed by atoms with E-state index in [2.05, 4.69) is 30.9 Å². The fourth-order valence-electron chi connectivity index (χ4n) is 4.35. The van der Waals surface area contributed by atoms with Crippen molar-refractivity contribution in [2.45, 2.75) is 64.7 Å². The second kappa shape index (κ2) is 11.3. The van der Waals surface area contributed by atoms with Gasteiger partial charge >= 0.3 is 5.97 Å². The van der Waals surface area contributed by atoms with Crippen LogP contribution in [0.15, 0.2) is 42.9 Å². The largest absolute Gasteiger partial charge is 0.459 e. The van der Waals surface area contributed by atoms with Crippen LogP contribution in [-0.2, 0) is 20.9 Å². The number of halogens is 2. The van der Waals surface area contributed by atoms with Crippen molar-refractivity contribution in [1.29, 1.82) is 0 Å². The van der Waals surface area contributed by atoms with Gasteiger partial charge in [-0.3, -0.25) is 14.5 Å². The molecule has 0 amide bonds. The maximum Gasteiger partial charge on any atom is 0.303 e. The standard InChI is InChI=1S/C17H13F2N3O2.C11H16N2O/c1-9-15(8-24-10(2)23)22-17-14(21-9)5-6-20-16(17)12-4-3-11(18)7-13(12)19;1-2-6-14-11(3-1)9-7-12-13(8-9)10-4-5-10/h3-7H,8H2,1-2H3;7-8,10-11H,1-6H2. The smallest absolute Gasteiger partial charge is 0.303 e. The number of aryl methyl sites for hydroxylation is 1. The van der Waals surface area contributed by atoms with Crippen molar-refractivity contribution in [3.8, 4) is 11.3 Å². The molecule has 3 aromatic heterocycles. The van der Waals surface area contributed by atoms with Gasteiger partial charge in [-0.25, -0.2) is 18.7 Å². The molecule has 2 fully saturated rings. The van der Waals surface area contributed by atoms with Gasteiger partial charge in [-0.05, 0) is 57.2 Å². The van der Waals surface area contributed by atoms with E-state index in [-0.39, 0.29) is 17.9 Å². The summed E-state index contributed by atoms with van der Waals surface area (Å²) in [4.78, 5) is 24.0. The van der Waals surface area contributed by atoms with E-state index in [1.807, 2.05) is 6.20 Å². The normalized spacial score (nSPS) is 17.1. The van der Waals surface area contributed by atoms with Crippen molar-refractivity contribution >= 4 is 17.0 Å². The Morgan fingerprint density at radius 1 is 1.16 bits per heavy atom. The van der Waals surface area contributed by atoms with E-state index in [1.54, 1.807) is 13.0 Å². The van der Waals surface area contributed by atoms with Gasteiger partial charge in [0.2, 0.25) is 0 Å². The molecule has 10 heteroatoms. The highest BCUT2D eigenvalue weighted by molar-refractivity contribution is 5.89. The summed E-state index contributed by atoms with van der Waals surface area (Å²) in [7, 11) is 0. The van der Waals surface area contributed by atoms with Gasteiger partial charge in [0, 0.05) is 43.1 Å². The highest BCUT2D eigenvalue weighted by Crippen LogP contribution is 2.36. The zero-order valence-corrected chi connectivity index (χ0v) is 21.4. The van der Waals surface area contributed by atoms with Gasteiger partial charge in [-0.1, -0.05) is 0 Å². The van der Waals surface area contributed by atoms with Crippen molar-refractivity contribution in [2.24, 2.45) is 0 Å². The molecule has 8 nitrogen and oxygen atoms in total. The third-order valence-corrected chi connectivity index (χ3v) is 6.55. The van der Waals surface area contributed by atoms with Crippen LogP contribution in [0.4, 0.5) is 8.78 Å². The summed E-state index contributed by atoms with van der Waals surface area (Å²) in [6.07, 6.45) is 12.2. The molecule has 0 spiro atoms. The number of fused-ring (bicyclic) bond motifs is 1. The second-order valence-electron chi connectivity index (χ2n) is 9.53.